The third-order valence-corrected chi connectivity index (χ3v) is 6.62. The average Bonchev–Trinajstić information content (AvgIpc) is 3.09. The summed E-state index contributed by atoms with van der Waals surface area (Å²) in [7, 11) is 0. The molecule has 0 aromatic heterocycles. The maximum atomic E-state index is 12.4. The molecule has 1 aromatic carbocycles. The maximum Gasteiger partial charge on any atom is 0.317 e. The molecule has 0 saturated carbocycles. The molecular formula is C22H34N4O. The van der Waals surface area contributed by atoms with Gasteiger partial charge in [-0.1, -0.05) is 30.7 Å². The first kappa shape index (κ1) is 18.8. The zero-order valence-electron chi connectivity index (χ0n) is 16.7. The van der Waals surface area contributed by atoms with E-state index in [9.17, 15) is 4.79 Å². The van der Waals surface area contributed by atoms with Crippen LogP contribution in [0, 0.1) is 12.8 Å². The molecule has 5 heteroatoms. The number of nitrogens with zero attached hydrogens (tertiary/aromatic N) is 3. The summed E-state index contributed by atoms with van der Waals surface area (Å²) in [4.78, 5) is 19.5. The molecule has 1 unspecified atom stereocenters. The number of carbonyl (C=O) groups excluding carboxylic acids is 1. The predicted molar refractivity (Wildman–Crippen MR) is 109 cm³/mol. The quantitative estimate of drug-likeness (QED) is 0.866. The monoisotopic (exact) mass is 370 g/mol. The zero-order valence-corrected chi connectivity index (χ0v) is 16.7. The van der Waals surface area contributed by atoms with Crippen molar-refractivity contribution >= 4 is 6.03 Å². The highest BCUT2D eigenvalue weighted by Gasteiger charge is 2.35. The largest absolute Gasteiger partial charge is 0.338 e. The molecule has 3 aliphatic rings. The van der Waals surface area contributed by atoms with E-state index in [2.05, 4.69) is 46.3 Å². The van der Waals surface area contributed by atoms with Gasteiger partial charge in [-0.2, -0.15) is 0 Å². The number of carbonyl (C=O) groups is 1. The summed E-state index contributed by atoms with van der Waals surface area (Å²) in [5.41, 5.74) is 2.79. The van der Waals surface area contributed by atoms with E-state index in [0.717, 1.165) is 39.3 Å². The summed E-state index contributed by atoms with van der Waals surface area (Å²) in [6.45, 7) is 10.5. The van der Waals surface area contributed by atoms with Gasteiger partial charge in [0.05, 0.1) is 0 Å². The molecule has 27 heavy (non-hydrogen) atoms. The Kier molecular flexibility index (Phi) is 5.98. The van der Waals surface area contributed by atoms with Crippen LogP contribution in [0.3, 0.4) is 0 Å². The van der Waals surface area contributed by atoms with E-state index in [1.54, 1.807) is 0 Å². The lowest BCUT2D eigenvalue weighted by molar-refractivity contribution is 0.0448. The Balaban J connectivity index is 1.15. The number of piperidine rings is 1. The predicted octanol–water partition coefficient (Wildman–Crippen LogP) is 2.70. The van der Waals surface area contributed by atoms with E-state index < -0.39 is 0 Å². The first-order chi connectivity index (χ1) is 13.2. The van der Waals surface area contributed by atoms with Crippen LogP contribution in [0.2, 0.25) is 0 Å². The van der Waals surface area contributed by atoms with Crippen LogP contribution in [0.1, 0.15) is 36.8 Å². The van der Waals surface area contributed by atoms with Gasteiger partial charge in [0.2, 0.25) is 0 Å². The SMILES string of the molecule is Cc1ccccc1CN1CCC(CNC(=O)N2CC(N3CCCCC3)C2)C1. The summed E-state index contributed by atoms with van der Waals surface area (Å²) in [6.07, 6.45) is 5.20. The Hall–Kier alpha value is -1.59. The molecule has 0 bridgehead atoms. The van der Waals surface area contributed by atoms with E-state index in [0.29, 0.717) is 12.0 Å². The summed E-state index contributed by atoms with van der Waals surface area (Å²) < 4.78 is 0. The molecule has 0 spiro atoms. The van der Waals surface area contributed by atoms with Gasteiger partial charge < -0.3 is 10.2 Å². The van der Waals surface area contributed by atoms with E-state index >= 15 is 0 Å². The Morgan fingerprint density at radius 2 is 1.85 bits per heavy atom. The lowest BCUT2D eigenvalue weighted by Gasteiger charge is -2.46. The average molecular weight is 371 g/mol. The third kappa shape index (κ3) is 4.64. The highest BCUT2D eigenvalue weighted by Crippen LogP contribution is 2.21. The normalized spacial score (nSPS) is 24.8. The Bertz CT molecular complexity index is 637. The lowest BCUT2D eigenvalue weighted by Crippen LogP contribution is -2.63. The molecule has 3 fully saturated rings. The van der Waals surface area contributed by atoms with E-state index in [1.807, 2.05) is 4.90 Å². The van der Waals surface area contributed by atoms with Crippen LogP contribution in [-0.4, -0.2) is 72.6 Å². The molecule has 3 aliphatic heterocycles. The van der Waals surface area contributed by atoms with Crippen LogP contribution in [0.4, 0.5) is 4.79 Å². The number of likely N-dealkylation sites (tertiary alicyclic amines) is 3. The number of hydrogen-bond acceptors (Lipinski definition) is 3. The molecule has 0 radical (unpaired) electrons. The fourth-order valence-corrected chi connectivity index (χ4v) is 4.73. The first-order valence-electron chi connectivity index (χ1n) is 10.7. The van der Waals surface area contributed by atoms with E-state index in [-0.39, 0.29) is 6.03 Å². The highest BCUT2D eigenvalue weighted by molar-refractivity contribution is 5.75. The minimum Gasteiger partial charge on any atom is -0.338 e. The van der Waals surface area contributed by atoms with Crippen molar-refractivity contribution in [3.8, 4) is 0 Å². The highest BCUT2D eigenvalue weighted by atomic mass is 16.2. The fraction of sp³-hybridized carbons (Fsp3) is 0.682. The zero-order chi connectivity index (χ0) is 18.6. The van der Waals surface area contributed by atoms with Gasteiger partial charge >= 0.3 is 6.03 Å². The smallest absolute Gasteiger partial charge is 0.317 e. The van der Waals surface area contributed by atoms with Gasteiger partial charge in [-0.25, -0.2) is 4.79 Å². The van der Waals surface area contributed by atoms with Gasteiger partial charge in [-0.15, -0.1) is 0 Å². The van der Waals surface area contributed by atoms with Gasteiger partial charge in [-0.3, -0.25) is 9.80 Å². The molecule has 0 aliphatic carbocycles. The van der Waals surface area contributed by atoms with Gasteiger partial charge in [0.15, 0.2) is 0 Å². The Labute approximate surface area is 163 Å². The van der Waals surface area contributed by atoms with Crippen LogP contribution in [0.5, 0.6) is 0 Å². The molecular weight excluding hydrogens is 336 g/mol. The van der Waals surface area contributed by atoms with Gasteiger partial charge in [0, 0.05) is 38.8 Å². The summed E-state index contributed by atoms with van der Waals surface area (Å²) in [6, 6.07) is 9.39. The molecule has 2 amide bonds. The van der Waals surface area contributed by atoms with E-state index in [1.165, 1.54) is 49.9 Å². The minimum absolute atomic E-state index is 0.139. The standard InChI is InChI=1S/C22H34N4O/c1-18-7-3-4-8-20(18)15-24-12-9-19(14-24)13-23-22(27)26-16-21(17-26)25-10-5-2-6-11-25/h3-4,7-8,19,21H,2,5-6,9-17H2,1H3,(H,23,27). The summed E-state index contributed by atoms with van der Waals surface area (Å²) in [5.74, 6) is 0.581. The summed E-state index contributed by atoms with van der Waals surface area (Å²) >= 11 is 0. The van der Waals surface area contributed by atoms with Crippen LogP contribution in [0.25, 0.3) is 0 Å². The second-order valence-corrected chi connectivity index (χ2v) is 8.66. The van der Waals surface area contributed by atoms with Gasteiger partial charge in [0.25, 0.3) is 0 Å². The first-order valence-corrected chi connectivity index (χ1v) is 10.7. The van der Waals surface area contributed by atoms with Crippen LogP contribution in [0.15, 0.2) is 24.3 Å². The summed E-state index contributed by atoms with van der Waals surface area (Å²) in [5, 5.41) is 3.19. The number of aryl methyl sites for hydroxylation is 1. The number of nitrogens with one attached hydrogen (secondary N) is 1. The molecule has 148 valence electrons. The second kappa shape index (κ2) is 8.61. The van der Waals surface area contributed by atoms with Crippen molar-refractivity contribution in [2.75, 3.05) is 45.8 Å². The number of rotatable bonds is 5. The third-order valence-electron chi connectivity index (χ3n) is 6.62. The number of hydrogen-bond donors (Lipinski definition) is 1. The minimum atomic E-state index is 0.139. The molecule has 5 nitrogen and oxygen atoms in total. The molecule has 1 aromatic rings. The Morgan fingerprint density at radius 3 is 2.63 bits per heavy atom. The van der Waals surface area contributed by atoms with Crippen molar-refractivity contribution in [1.29, 1.82) is 0 Å². The second-order valence-electron chi connectivity index (χ2n) is 8.66. The van der Waals surface area contributed by atoms with Crippen LogP contribution >= 0.6 is 0 Å². The van der Waals surface area contributed by atoms with Crippen LogP contribution in [-0.2, 0) is 6.54 Å². The maximum absolute atomic E-state index is 12.4. The topological polar surface area (TPSA) is 38.8 Å². The molecule has 3 heterocycles. The van der Waals surface area contributed by atoms with Gasteiger partial charge in [0.1, 0.15) is 0 Å². The number of amides is 2. The van der Waals surface area contributed by atoms with Crippen molar-refractivity contribution in [2.24, 2.45) is 5.92 Å². The van der Waals surface area contributed by atoms with Gasteiger partial charge in [-0.05, 0) is 62.9 Å². The van der Waals surface area contributed by atoms with Crippen molar-refractivity contribution in [2.45, 2.75) is 45.2 Å². The number of benzene rings is 1. The number of urea groups is 1. The van der Waals surface area contributed by atoms with Crippen LogP contribution < -0.4 is 5.32 Å². The van der Waals surface area contributed by atoms with Crippen molar-refractivity contribution in [1.82, 2.24) is 20.0 Å². The molecule has 1 N–H and O–H groups in total. The van der Waals surface area contributed by atoms with E-state index in [4.69, 9.17) is 0 Å². The lowest BCUT2D eigenvalue weighted by atomic mass is 10.0. The fourth-order valence-electron chi connectivity index (χ4n) is 4.73. The van der Waals surface area contributed by atoms with Crippen molar-refractivity contribution in [3.05, 3.63) is 35.4 Å². The molecule has 4 rings (SSSR count). The Morgan fingerprint density at radius 1 is 1.07 bits per heavy atom. The van der Waals surface area contributed by atoms with Crippen molar-refractivity contribution < 1.29 is 4.79 Å². The molecule has 3 saturated heterocycles. The van der Waals surface area contributed by atoms with Crippen molar-refractivity contribution in [3.63, 3.8) is 0 Å². The molecule has 1 atom stereocenters.